The lowest BCUT2D eigenvalue weighted by molar-refractivity contribution is -0.120. The molecule has 0 spiro atoms. The Bertz CT molecular complexity index is 289. The minimum Gasteiger partial charge on any atom is -0.355 e. The van der Waals surface area contributed by atoms with Gasteiger partial charge in [0.1, 0.15) is 0 Å². The standard InChI is InChI=1S/C15H29N3O2/c1-2-10-16-14(19)12-18-15(20)17-11-6-9-13-7-4-3-5-8-13/h13H,2-12H2,1H3,(H,16,19)(H2,17,18,20). The van der Waals surface area contributed by atoms with Crippen LogP contribution in [0.25, 0.3) is 0 Å². The molecule has 0 aromatic carbocycles. The molecule has 1 fully saturated rings. The van der Waals surface area contributed by atoms with Gasteiger partial charge >= 0.3 is 6.03 Å². The minimum atomic E-state index is -0.250. The number of urea groups is 1. The van der Waals surface area contributed by atoms with Gasteiger partial charge in [-0.25, -0.2) is 4.79 Å². The molecule has 1 saturated carbocycles. The summed E-state index contributed by atoms with van der Waals surface area (Å²) in [5.41, 5.74) is 0. The molecule has 20 heavy (non-hydrogen) atoms. The molecule has 5 nitrogen and oxygen atoms in total. The summed E-state index contributed by atoms with van der Waals surface area (Å²) < 4.78 is 0. The first-order valence-corrected chi connectivity index (χ1v) is 8.00. The van der Waals surface area contributed by atoms with Crippen LogP contribution in [0.1, 0.15) is 58.3 Å². The van der Waals surface area contributed by atoms with Crippen molar-refractivity contribution in [1.82, 2.24) is 16.0 Å². The Kier molecular flexibility index (Phi) is 8.83. The molecule has 116 valence electrons. The highest BCUT2D eigenvalue weighted by molar-refractivity contribution is 5.83. The number of amides is 3. The van der Waals surface area contributed by atoms with Crippen LogP contribution in [0.5, 0.6) is 0 Å². The maximum atomic E-state index is 11.5. The third-order valence-electron chi connectivity index (χ3n) is 3.78. The summed E-state index contributed by atoms with van der Waals surface area (Å²) >= 11 is 0. The van der Waals surface area contributed by atoms with Gasteiger partial charge in [-0.15, -0.1) is 0 Å². The van der Waals surface area contributed by atoms with Gasteiger partial charge in [0, 0.05) is 13.1 Å². The molecule has 0 aromatic heterocycles. The Hall–Kier alpha value is -1.26. The fourth-order valence-electron chi connectivity index (χ4n) is 2.62. The Morgan fingerprint density at radius 3 is 2.45 bits per heavy atom. The van der Waals surface area contributed by atoms with Crippen molar-refractivity contribution in [3.8, 4) is 0 Å². The van der Waals surface area contributed by atoms with Crippen LogP contribution in [0.4, 0.5) is 4.79 Å². The summed E-state index contributed by atoms with van der Waals surface area (Å²) in [5.74, 6) is 0.720. The summed E-state index contributed by atoms with van der Waals surface area (Å²) in [6.45, 7) is 3.39. The van der Waals surface area contributed by atoms with E-state index in [1.54, 1.807) is 0 Å². The number of carbonyl (C=O) groups excluding carboxylic acids is 2. The number of rotatable bonds is 8. The van der Waals surface area contributed by atoms with E-state index >= 15 is 0 Å². The zero-order valence-corrected chi connectivity index (χ0v) is 12.7. The van der Waals surface area contributed by atoms with Crippen LogP contribution in [0.3, 0.4) is 0 Å². The van der Waals surface area contributed by atoms with Gasteiger partial charge in [0.15, 0.2) is 0 Å². The van der Waals surface area contributed by atoms with Crippen molar-refractivity contribution in [2.75, 3.05) is 19.6 Å². The van der Waals surface area contributed by atoms with Crippen LogP contribution in [-0.4, -0.2) is 31.6 Å². The lowest BCUT2D eigenvalue weighted by Crippen LogP contribution is -2.42. The first-order chi connectivity index (χ1) is 9.72. The van der Waals surface area contributed by atoms with E-state index in [0.29, 0.717) is 13.1 Å². The molecular formula is C15H29N3O2. The van der Waals surface area contributed by atoms with E-state index in [-0.39, 0.29) is 18.5 Å². The van der Waals surface area contributed by atoms with E-state index in [1.807, 2.05) is 6.92 Å². The molecule has 0 aromatic rings. The van der Waals surface area contributed by atoms with Crippen molar-refractivity contribution in [1.29, 1.82) is 0 Å². The highest BCUT2D eigenvalue weighted by Crippen LogP contribution is 2.26. The van der Waals surface area contributed by atoms with Gasteiger partial charge in [-0.05, 0) is 25.2 Å². The highest BCUT2D eigenvalue weighted by Gasteiger charge is 2.12. The van der Waals surface area contributed by atoms with E-state index in [2.05, 4.69) is 16.0 Å². The number of hydrogen-bond donors (Lipinski definition) is 3. The molecule has 0 heterocycles. The smallest absolute Gasteiger partial charge is 0.315 e. The van der Waals surface area contributed by atoms with Gasteiger partial charge in [-0.2, -0.15) is 0 Å². The predicted molar refractivity (Wildman–Crippen MR) is 80.5 cm³/mol. The molecule has 1 rings (SSSR count). The predicted octanol–water partition coefficient (Wildman–Crippen LogP) is 2.17. The topological polar surface area (TPSA) is 70.2 Å². The quantitative estimate of drug-likeness (QED) is 0.597. The van der Waals surface area contributed by atoms with Gasteiger partial charge in [0.25, 0.3) is 0 Å². The van der Waals surface area contributed by atoms with E-state index in [1.165, 1.54) is 38.5 Å². The van der Waals surface area contributed by atoms with Gasteiger partial charge in [-0.1, -0.05) is 39.0 Å². The minimum absolute atomic E-state index is 0.0501. The van der Waals surface area contributed by atoms with E-state index < -0.39 is 0 Å². The molecule has 0 radical (unpaired) electrons. The SMILES string of the molecule is CCCNC(=O)CNC(=O)NCCCC1CCCCC1. The second-order valence-electron chi connectivity index (χ2n) is 5.61. The molecule has 0 unspecified atom stereocenters. The third kappa shape index (κ3) is 8.02. The number of nitrogens with one attached hydrogen (secondary N) is 3. The molecule has 1 aliphatic rings. The lowest BCUT2D eigenvalue weighted by Gasteiger charge is -2.21. The number of hydrogen-bond acceptors (Lipinski definition) is 2. The second-order valence-corrected chi connectivity index (χ2v) is 5.61. The largest absolute Gasteiger partial charge is 0.355 e. The molecule has 5 heteroatoms. The molecule has 0 bridgehead atoms. The van der Waals surface area contributed by atoms with Crippen molar-refractivity contribution in [3.63, 3.8) is 0 Å². The maximum absolute atomic E-state index is 11.5. The highest BCUT2D eigenvalue weighted by atomic mass is 16.2. The molecular weight excluding hydrogens is 254 g/mol. The van der Waals surface area contributed by atoms with Crippen LogP contribution in [-0.2, 0) is 4.79 Å². The lowest BCUT2D eigenvalue weighted by atomic mass is 9.86. The molecule has 3 amide bonds. The summed E-state index contributed by atoms with van der Waals surface area (Å²) in [6, 6.07) is -0.250. The van der Waals surface area contributed by atoms with Crippen molar-refractivity contribution >= 4 is 11.9 Å². The molecule has 3 N–H and O–H groups in total. The number of carbonyl (C=O) groups is 2. The summed E-state index contributed by atoms with van der Waals surface area (Å²) in [6.07, 6.45) is 9.96. The zero-order chi connectivity index (χ0) is 14.6. The zero-order valence-electron chi connectivity index (χ0n) is 12.7. The Labute approximate surface area is 122 Å². The van der Waals surface area contributed by atoms with Crippen LogP contribution in [0.2, 0.25) is 0 Å². The molecule has 0 aliphatic heterocycles. The summed E-state index contributed by atoms with van der Waals surface area (Å²) in [4.78, 5) is 22.8. The summed E-state index contributed by atoms with van der Waals surface area (Å²) in [5, 5.41) is 8.09. The van der Waals surface area contributed by atoms with Crippen molar-refractivity contribution in [2.45, 2.75) is 58.3 Å². The van der Waals surface area contributed by atoms with Gasteiger partial charge in [0.2, 0.25) is 5.91 Å². The Balaban J connectivity index is 1.95. The van der Waals surface area contributed by atoms with Crippen molar-refractivity contribution in [2.24, 2.45) is 5.92 Å². The normalized spacial score (nSPS) is 15.7. The van der Waals surface area contributed by atoms with Gasteiger partial charge in [-0.3, -0.25) is 4.79 Å². The average molecular weight is 283 g/mol. The first-order valence-electron chi connectivity index (χ1n) is 8.00. The van der Waals surface area contributed by atoms with Crippen molar-refractivity contribution in [3.05, 3.63) is 0 Å². The average Bonchev–Trinajstić information content (AvgIpc) is 2.48. The summed E-state index contributed by atoms with van der Waals surface area (Å²) in [7, 11) is 0. The van der Waals surface area contributed by atoms with Crippen molar-refractivity contribution < 1.29 is 9.59 Å². The van der Waals surface area contributed by atoms with Crippen LogP contribution in [0.15, 0.2) is 0 Å². The van der Waals surface area contributed by atoms with E-state index in [9.17, 15) is 9.59 Å². The Morgan fingerprint density at radius 2 is 1.75 bits per heavy atom. The van der Waals surface area contributed by atoms with Crippen LogP contribution < -0.4 is 16.0 Å². The molecule has 1 aliphatic carbocycles. The molecule has 0 saturated heterocycles. The van der Waals surface area contributed by atoms with Crippen LogP contribution >= 0.6 is 0 Å². The second kappa shape index (κ2) is 10.5. The first kappa shape index (κ1) is 16.8. The fourth-order valence-corrected chi connectivity index (χ4v) is 2.62. The third-order valence-corrected chi connectivity index (χ3v) is 3.78. The van der Waals surface area contributed by atoms with Gasteiger partial charge in [0.05, 0.1) is 6.54 Å². The molecule has 0 atom stereocenters. The monoisotopic (exact) mass is 283 g/mol. The maximum Gasteiger partial charge on any atom is 0.315 e. The Morgan fingerprint density at radius 1 is 1.00 bits per heavy atom. The van der Waals surface area contributed by atoms with E-state index in [4.69, 9.17) is 0 Å². The van der Waals surface area contributed by atoms with E-state index in [0.717, 1.165) is 18.8 Å². The van der Waals surface area contributed by atoms with Gasteiger partial charge < -0.3 is 16.0 Å². The van der Waals surface area contributed by atoms with Crippen LogP contribution in [0, 0.1) is 5.92 Å². The fraction of sp³-hybridized carbons (Fsp3) is 0.867.